The summed E-state index contributed by atoms with van der Waals surface area (Å²) in [4.78, 5) is 90.2. The van der Waals surface area contributed by atoms with Crippen LogP contribution in [-0.4, -0.2) is 95.1 Å². The van der Waals surface area contributed by atoms with Gasteiger partial charge < -0.3 is 43.8 Å². The number of nitrogens with two attached hydrogens (primary N) is 4. The van der Waals surface area contributed by atoms with E-state index in [1.165, 1.54) is 4.68 Å². The normalized spacial score (nSPS) is 15.6. The van der Waals surface area contributed by atoms with Crippen molar-refractivity contribution in [2.24, 2.45) is 11.5 Å². The predicted molar refractivity (Wildman–Crippen MR) is 263 cm³/mol. The van der Waals surface area contributed by atoms with Gasteiger partial charge in [-0.2, -0.15) is 13.2 Å². The number of halogens is 3. The van der Waals surface area contributed by atoms with Crippen molar-refractivity contribution in [2.75, 3.05) is 35.4 Å². The van der Waals surface area contributed by atoms with Crippen LogP contribution in [0.1, 0.15) is 125 Å². The fraction of sp³-hybridized carbons (Fsp3) is 0.306. The number of pyridine rings is 2. The number of amides is 5. The Morgan fingerprint density at radius 2 is 1.15 bits per heavy atom. The lowest BCUT2D eigenvalue weighted by atomic mass is 10.0. The fourth-order valence-electron chi connectivity index (χ4n) is 7.87. The summed E-state index contributed by atoms with van der Waals surface area (Å²) in [6.45, 7) is 6.76. The van der Waals surface area contributed by atoms with Gasteiger partial charge in [-0.05, 0) is 108 Å². The van der Waals surface area contributed by atoms with E-state index < -0.39 is 42.0 Å². The summed E-state index contributed by atoms with van der Waals surface area (Å²) in [5.41, 5.74) is 13.5. The van der Waals surface area contributed by atoms with E-state index in [4.69, 9.17) is 32.7 Å². The molecule has 4 aromatic heterocycles. The predicted octanol–water partition coefficient (Wildman–Crippen LogP) is 6.04. The van der Waals surface area contributed by atoms with Crippen molar-refractivity contribution < 1.29 is 46.7 Å². The molecule has 0 bridgehead atoms. The number of aromatic nitrogens is 6. The highest BCUT2D eigenvalue weighted by molar-refractivity contribution is 6.05. The molecule has 2 atom stereocenters. The number of ether oxygens (including phenoxy) is 1. The Morgan fingerprint density at radius 1 is 0.685 bits per heavy atom. The lowest BCUT2D eigenvalue weighted by molar-refractivity contribution is -0.156. The molecule has 5 amide bonds. The Morgan fingerprint density at radius 3 is 1.56 bits per heavy atom. The van der Waals surface area contributed by atoms with Crippen LogP contribution in [0.15, 0.2) is 97.3 Å². The summed E-state index contributed by atoms with van der Waals surface area (Å²) in [5, 5.41) is 8.83. The van der Waals surface area contributed by atoms with Crippen molar-refractivity contribution in [3.05, 3.63) is 131 Å². The zero-order valence-corrected chi connectivity index (χ0v) is 40.1. The number of anilines is 2. The molecule has 0 saturated carbocycles. The van der Waals surface area contributed by atoms with Crippen LogP contribution in [0.2, 0.25) is 0 Å². The maximum atomic E-state index is 12.9. The standard InChI is InChI=1S/C26H31N7O4.C21H23N7O2.C2HF3O/c1-26(2,3)37-25(36)32-15-7-5-8-18(32)23-31-20(21(22(27)34)33(23)28)16-10-12-17(13-11-16)24(35)30-19-9-4-6-14-29-19;22-19(29)18-17(27-20(28(18)23)15-5-1-3-11-24-15)13-7-9-14(10-8-13)21(30)26-16-6-2-4-12-25-16;3-2(4,5)1-6/h4,6,9-14,18H,5,7-8,15,28H2,1-3H3,(H2,27,34)(H,29,30,35);2,4,6-10,12,15,24H,1,3,5,11,23H2,(H2,22,29)(H,25,26,30);1H/t18-;15-;/m00./s1. The van der Waals surface area contributed by atoms with E-state index >= 15 is 0 Å². The molecule has 6 heterocycles. The number of hydrogen-bond donors (Lipinski definition) is 7. The molecule has 0 spiro atoms. The van der Waals surface area contributed by atoms with Gasteiger partial charge in [0.25, 0.3) is 23.6 Å². The molecule has 24 heteroatoms. The van der Waals surface area contributed by atoms with Crippen LogP contribution >= 0.6 is 0 Å². The van der Waals surface area contributed by atoms with Crippen LogP contribution in [0.25, 0.3) is 22.5 Å². The molecule has 6 aromatic rings. The van der Waals surface area contributed by atoms with Crippen LogP contribution in [0, 0.1) is 0 Å². The highest BCUT2D eigenvalue weighted by Crippen LogP contribution is 2.35. The molecule has 2 aliphatic rings. The number of nitrogens with one attached hydrogen (secondary N) is 3. The molecule has 2 saturated heterocycles. The van der Waals surface area contributed by atoms with Gasteiger partial charge in [-0.1, -0.05) is 42.8 Å². The number of nitrogen functional groups attached to an aromatic ring is 2. The summed E-state index contributed by atoms with van der Waals surface area (Å²) in [5.74, 6) is 12.3. The van der Waals surface area contributed by atoms with Gasteiger partial charge in [0.05, 0.1) is 12.1 Å². The zero-order chi connectivity index (χ0) is 53.0. The van der Waals surface area contributed by atoms with Gasteiger partial charge in [-0.25, -0.2) is 34.1 Å². The Balaban J connectivity index is 0.000000218. The average Bonchev–Trinajstić information content (AvgIpc) is 3.91. The van der Waals surface area contributed by atoms with E-state index in [9.17, 15) is 37.1 Å². The second-order valence-corrected chi connectivity index (χ2v) is 17.6. The van der Waals surface area contributed by atoms with E-state index in [0.29, 0.717) is 64.2 Å². The Hall–Kier alpha value is -8.67. The van der Waals surface area contributed by atoms with Crippen LogP contribution in [0.3, 0.4) is 0 Å². The number of rotatable bonds is 10. The first-order valence-electron chi connectivity index (χ1n) is 22.9. The number of primary amides is 2. The van der Waals surface area contributed by atoms with Gasteiger partial charge in [0, 0.05) is 41.2 Å². The van der Waals surface area contributed by atoms with Crippen molar-refractivity contribution >= 4 is 47.6 Å². The van der Waals surface area contributed by atoms with E-state index in [1.807, 2.05) is 0 Å². The number of carbonyl (C=O) groups is 6. The Labute approximate surface area is 416 Å². The second-order valence-electron chi connectivity index (χ2n) is 17.6. The molecule has 0 aliphatic carbocycles. The molecular weight excluding hydrogens is 954 g/mol. The van der Waals surface area contributed by atoms with Crippen molar-refractivity contribution in [2.45, 2.75) is 83.2 Å². The highest BCUT2D eigenvalue weighted by Gasteiger charge is 2.36. The first-order chi connectivity index (χ1) is 34.6. The quantitative estimate of drug-likeness (QED) is 0.0608. The zero-order valence-electron chi connectivity index (χ0n) is 40.1. The maximum absolute atomic E-state index is 12.9. The third-order valence-corrected chi connectivity index (χ3v) is 11.2. The number of aldehydes is 1. The number of alkyl halides is 3. The molecular formula is C49H55F3N14O7. The monoisotopic (exact) mass is 1010 g/mol. The molecule has 2 fully saturated rings. The van der Waals surface area contributed by atoms with Gasteiger partial charge in [-0.3, -0.25) is 28.9 Å². The van der Waals surface area contributed by atoms with Gasteiger partial charge >= 0.3 is 12.3 Å². The molecule has 2 aromatic carbocycles. The smallest absolute Gasteiger partial charge is 0.444 e. The Kier molecular flexibility index (Phi) is 17.3. The third kappa shape index (κ3) is 14.0. The van der Waals surface area contributed by atoms with Crippen molar-refractivity contribution in [1.29, 1.82) is 0 Å². The molecule has 2 aliphatic heterocycles. The van der Waals surface area contributed by atoms with Crippen LogP contribution in [0.5, 0.6) is 0 Å². The summed E-state index contributed by atoms with van der Waals surface area (Å²) in [6, 6.07) is 23.3. The SMILES string of the molecule is CC(C)(C)OC(=O)N1CCCC[C@H]1c1nc(-c2ccc(C(=O)Nc3ccccn3)cc2)c(C(N)=O)n1N.NC(=O)c1c(-c2ccc(C(=O)Nc3ccccn3)cc2)nc([C@@H]2CCCCN2)n1N.O=CC(F)(F)F. The fourth-order valence-corrected chi connectivity index (χ4v) is 7.87. The van der Waals surface area contributed by atoms with Crippen LogP contribution in [0.4, 0.5) is 29.6 Å². The molecule has 21 nitrogen and oxygen atoms in total. The maximum Gasteiger partial charge on any atom is 0.446 e. The highest BCUT2D eigenvalue weighted by atomic mass is 19.4. The van der Waals surface area contributed by atoms with E-state index in [-0.39, 0.29) is 34.9 Å². The minimum atomic E-state index is -4.64. The summed E-state index contributed by atoms with van der Waals surface area (Å²) in [6.07, 6.45) is 2.35. The number of likely N-dealkylation sites (tertiary alicyclic amines) is 1. The average molecular weight is 1010 g/mol. The van der Waals surface area contributed by atoms with E-state index in [0.717, 1.165) is 43.3 Å². The molecule has 384 valence electrons. The largest absolute Gasteiger partial charge is 0.446 e. The molecule has 0 radical (unpaired) electrons. The number of imidazole rings is 2. The number of piperidine rings is 2. The van der Waals surface area contributed by atoms with E-state index in [2.05, 4.69) is 35.9 Å². The number of hydrogen-bond acceptors (Lipinski definition) is 14. The van der Waals surface area contributed by atoms with Gasteiger partial charge in [0.2, 0.25) is 6.29 Å². The topological polar surface area (TPSA) is 316 Å². The molecule has 0 unspecified atom stereocenters. The number of carbonyl (C=O) groups excluding carboxylic acids is 6. The van der Waals surface area contributed by atoms with Gasteiger partial charge in [-0.15, -0.1) is 0 Å². The van der Waals surface area contributed by atoms with Crippen LogP contribution in [-0.2, 0) is 9.53 Å². The van der Waals surface area contributed by atoms with Crippen molar-refractivity contribution in [3.63, 3.8) is 0 Å². The Bertz CT molecular complexity index is 2900. The first-order valence-corrected chi connectivity index (χ1v) is 22.9. The lowest BCUT2D eigenvalue weighted by Gasteiger charge is -2.36. The first kappa shape index (κ1) is 53.7. The van der Waals surface area contributed by atoms with Gasteiger partial charge in [0.15, 0.2) is 17.2 Å². The lowest BCUT2D eigenvalue weighted by Crippen LogP contribution is -2.43. The number of nitrogens with zero attached hydrogens (tertiary/aromatic N) is 7. The third-order valence-electron chi connectivity index (χ3n) is 11.2. The van der Waals surface area contributed by atoms with E-state index in [1.54, 1.807) is 123 Å². The van der Waals surface area contributed by atoms with Crippen molar-refractivity contribution in [1.82, 2.24) is 39.5 Å². The minimum Gasteiger partial charge on any atom is -0.444 e. The van der Waals surface area contributed by atoms with Crippen molar-refractivity contribution in [3.8, 4) is 22.5 Å². The molecule has 8 rings (SSSR count). The van der Waals surface area contributed by atoms with Gasteiger partial charge in [0.1, 0.15) is 34.4 Å². The molecule has 73 heavy (non-hydrogen) atoms. The second kappa shape index (κ2) is 23.5. The summed E-state index contributed by atoms with van der Waals surface area (Å²) >= 11 is 0. The van der Waals surface area contributed by atoms with Crippen LogP contribution < -0.4 is 39.1 Å². The minimum absolute atomic E-state index is 0.00963. The summed E-state index contributed by atoms with van der Waals surface area (Å²) in [7, 11) is 0. The summed E-state index contributed by atoms with van der Waals surface area (Å²) < 4.78 is 39.3. The number of benzene rings is 2. The molecule has 11 N–H and O–H groups in total.